The molecule has 1 atom stereocenters. The van der Waals surface area contributed by atoms with Crippen LogP contribution in [-0.4, -0.2) is 10.5 Å². The van der Waals surface area contributed by atoms with Crippen LogP contribution >= 0.6 is 0 Å². The highest BCUT2D eigenvalue weighted by atomic mass is 14.9. The van der Waals surface area contributed by atoms with E-state index < -0.39 is 0 Å². The van der Waals surface area contributed by atoms with Crippen molar-refractivity contribution >= 4 is 16.9 Å². The van der Waals surface area contributed by atoms with Gasteiger partial charge in [0.05, 0.1) is 5.57 Å². The smallest absolute Gasteiger partial charge is 0.323 e. The molecule has 1 aromatic rings. The lowest BCUT2D eigenvalue weighted by Gasteiger charge is -2.19. The topological polar surface area (TPSA) is 36.4 Å². The number of benzene rings is 1. The monoisotopic (exact) mass is 230 g/mol. The van der Waals surface area contributed by atoms with E-state index in [2.05, 4.69) is 47.3 Å². The number of nitrogens with zero attached hydrogens (tertiary/aromatic N) is 2. The van der Waals surface area contributed by atoms with Crippen LogP contribution in [0, 0.1) is 5.92 Å². The molecule has 0 amide bonds. The maximum absolute atomic E-state index is 9.19. The minimum Gasteiger partial charge on any atom is -0.361 e. The van der Waals surface area contributed by atoms with Gasteiger partial charge in [0.15, 0.2) is 0 Å². The fourth-order valence-corrected chi connectivity index (χ4v) is 3.05. The Labute approximate surface area is 105 Å². The lowest BCUT2D eigenvalue weighted by atomic mass is 9.82. The van der Waals surface area contributed by atoms with E-state index in [9.17, 15) is 5.53 Å². The minimum atomic E-state index is 0.304. The second-order valence-corrected chi connectivity index (χ2v) is 4.67. The van der Waals surface area contributed by atoms with Crippen LogP contribution in [-0.2, 0) is 0 Å². The summed E-state index contributed by atoms with van der Waals surface area (Å²) in [6.45, 7) is 0. The summed E-state index contributed by atoms with van der Waals surface area (Å²) in [7, 11) is 0. The van der Waals surface area contributed by atoms with Crippen molar-refractivity contribution in [2.24, 2.45) is 5.92 Å². The molecule has 1 aromatic carbocycles. The number of fused-ring (bicyclic) bond motifs is 3. The third-order valence-electron chi connectivity index (χ3n) is 3.79. The first kappa shape index (κ1) is 9.58. The van der Waals surface area contributed by atoms with Crippen molar-refractivity contribution < 1.29 is 4.79 Å². The molecule has 4 rings (SSSR count). The fraction of sp³-hybridized carbons (Fsp3) is 0.0625. The van der Waals surface area contributed by atoms with E-state index in [1.54, 1.807) is 0 Å². The molecule has 3 aliphatic rings. The number of hydrogen-bond acceptors (Lipinski definition) is 0. The van der Waals surface area contributed by atoms with Crippen LogP contribution in [0.4, 0.5) is 0 Å². The van der Waals surface area contributed by atoms with Gasteiger partial charge in [-0.1, -0.05) is 48.6 Å². The largest absolute Gasteiger partial charge is 0.361 e. The number of allylic oxidation sites excluding steroid dienone is 8. The molecular weight excluding hydrogens is 220 g/mol. The van der Waals surface area contributed by atoms with E-state index in [1.807, 2.05) is 12.1 Å². The Bertz CT molecular complexity index is 738. The molecule has 0 fully saturated rings. The zero-order chi connectivity index (χ0) is 12.1. The van der Waals surface area contributed by atoms with Crippen LogP contribution < -0.4 is 0 Å². The maximum Gasteiger partial charge on any atom is 0.323 e. The molecule has 0 saturated carbocycles. The van der Waals surface area contributed by atoms with Crippen molar-refractivity contribution in [2.45, 2.75) is 0 Å². The van der Waals surface area contributed by atoms with E-state index in [1.165, 1.54) is 22.3 Å². The number of hydrogen-bond donors (Lipinski definition) is 0. The van der Waals surface area contributed by atoms with Crippen LogP contribution in [0.15, 0.2) is 60.2 Å². The van der Waals surface area contributed by atoms with Gasteiger partial charge < -0.3 is 5.53 Å². The first-order chi connectivity index (χ1) is 8.90. The van der Waals surface area contributed by atoms with Crippen molar-refractivity contribution in [3.05, 3.63) is 76.9 Å². The van der Waals surface area contributed by atoms with Gasteiger partial charge in [0, 0.05) is 12.0 Å². The van der Waals surface area contributed by atoms with Crippen LogP contribution in [0.1, 0.15) is 11.1 Å². The van der Waals surface area contributed by atoms with E-state index in [4.69, 9.17) is 0 Å². The summed E-state index contributed by atoms with van der Waals surface area (Å²) in [6, 6.07) is 8.30. The SMILES string of the molecule is [N-]=[N+]=C1C=CC2C=CC=C3C2=C1c1ccccc13. The Balaban J connectivity index is 2.12. The van der Waals surface area contributed by atoms with Crippen molar-refractivity contribution in [3.8, 4) is 0 Å². The summed E-state index contributed by atoms with van der Waals surface area (Å²) in [6.07, 6.45) is 10.4. The van der Waals surface area contributed by atoms with Gasteiger partial charge in [-0.2, -0.15) is 4.79 Å². The van der Waals surface area contributed by atoms with Crippen LogP contribution in [0.2, 0.25) is 0 Å². The van der Waals surface area contributed by atoms with Crippen LogP contribution in [0.5, 0.6) is 0 Å². The average molecular weight is 230 g/mol. The summed E-state index contributed by atoms with van der Waals surface area (Å²) in [5.74, 6) is 0.304. The molecule has 0 aliphatic heterocycles. The molecular formula is C16H10N2. The zero-order valence-electron chi connectivity index (χ0n) is 9.67. The van der Waals surface area contributed by atoms with E-state index in [0.717, 1.165) is 5.57 Å². The van der Waals surface area contributed by atoms with Gasteiger partial charge >= 0.3 is 5.71 Å². The van der Waals surface area contributed by atoms with Gasteiger partial charge in [0.1, 0.15) is 0 Å². The van der Waals surface area contributed by atoms with Gasteiger partial charge in [0.2, 0.25) is 0 Å². The molecule has 3 aliphatic carbocycles. The predicted octanol–water partition coefficient (Wildman–Crippen LogP) is 3.26. The Hall–Kier alpha value is -2.44. The molecule has 0 aromatic heterocycles. The molecule has 18 heavy (non-hydrogen) atoms. The van der Waals surface area contributed by atoms with Crippen molar-refractivity contribution in [2.75, 3.05) is 0 Å². The van der Waals surface area contributed by atoms with Gasteiger partial charge in [-0.05, 0) is 22.3 Å². The minimum absolute atomic E-state index is 0.304. The molecule has 84 valence electrons. The van der Waals surface area contributed by atoms with E-state index >= 15 is 0 Å². The highest BCUT2D eigenvalue weighted by Gasteiger charge is 2.37. The van der Waals surface area contributed by atoms with Crippen molar-refractivity contribution in [1.82, 2.24) is 0 Å². The summed E-state index contributed by atoms with van der Waals surface area (Å²) in [5.41, 5.74) is 15.9. The summed E-state index contributed by atoms with van der Waals surface area (Å²) in [5, 5.41) is 0. The van der Waals surface area contributed by atoms with Crippen molar-refractivity contribution in [3.63, 3.8) is 0 Å². The van der Waals surface area contributed by atoms with Gasteiger partial charge in [-0.3, -0.25) is 0 Å². The average Bonchev–Trinajstić information content (AvgIpc) is 2.77. The normalized spacial score (nSPS) is 22.6. The summed E-state index contributed by atoms with van der Waals surface area (Å²) in [4.78, 5) is 3.44. The second-order valence-electron chi connectivity index (χ2n) is 4.67. The highest BCUT2D eigenvalue weighted by Crippen LogP contribution is 2.48. The first-order valence-electron chi connectivity index (χ1n) is 6.03. The molecule has 0 heterocycles. The molecule has 0 N–H and O–H groups in total. The Morgan fingerprint density at radius 1 is 1.06 bits per heavy atom. The molecule has 0 spiro atoms. The highest BCUT2D eigenvalue weighted by molar-refractivity contribution is 6.33. The molecule has 2 nitrogen and oxygen atoms in total. The van der Waals surface area contributed by atoms with E-state index in [-0.39, 0.29) is 0 Å². The van der Waals surface area contributed by atoms with Crippen LogP contribution in [0.25, 0.3) is 16.7 Å². The quantitative estimate of drug-likeness (QED) is 0.484. The molecule has 0 radical (unpaired) electrons. The lowest BCUT2D eigenvalue weighted by Crippen LogP contribution is -2.11. The van der Waals surface area contributed by atoms with Crippen LogP contribution in [0.3, 0.4) is 0 Å². The number of rotatable bonds is 0. The predicted molar refractivity (Wildman–Crippen MR) is 71.7 cm³/mol. The zero-order valence-corrected chi connectivity index (χ0v) is 9.67. The standard InChI is InChI=1S/C16H10N2/c17-18-14-9-8-10-4-3-7-12-11-5-1-2-6-13(11)16(14)15(10)12/h1-10H. The first-order valence-corrected chi connectivity index (χ1v) is 6.03. The van der Waals surface area contributed by atoms with Gasteiger partial charge in [0.25, 0.3) is 0 Å². The maximum atomic E-state index is 9.19. The third-order valence-corrected chi connectivity index (χ3v) is 3.79. The third kappa shape index (κ3) is 1.03. The Kier molecular flexibility index (Phi) is 1.75. The van der Waals surface area contributed by atoms with Gasteiger partial charge in [-0.15, -0.1) is 0 Å². The summed E-state index contributed by atoms with van der Waals surface area (Å²) >= 11 is 0. The Morgan fingerprint density at radius 2 is 1.89 bits per heavy atom. The van der Waals surface area contributed by atoms with Gasteiger partial charge in [-0.25, -0.2) is 0 Å². The molecule has 0 saturated heterocycles. The molecule has 2 heteroatoms. The van der Waals surface area contributed by atoms with Crippen molar-refractivity contribution in [1.29, 1.82) is 0 Å². The van der Waals surface area contributed by atoms with E-state index in [0.29, 0.717) is 11.6 Å². The summed E-state index contributed by atoms with van der Waals surface area (Å²) < 4.78 is 0. The Morgan fingerprint density at radius 3 is 2.72 bits per heavy atom. The fourth-order valence-electron chi connectivity index (χ4n) is 3.05. The molecule has 1 unspecified atom stereocenters. The lowest BCUT2D eigenvalue weighted by molar-refractivity contribution is -0.000802. The second kappa shape index (κ2) is 3.28. The molecule has 0 bridgehead atoms.